The maximum Gasteiger partial charge on any atom is 0.338 e. The SMILES string of the molecule is [2H]C([2H])([2H])Oc1cc(C(=O)OCCN2CCN(CCCN3c4ccccc4Sc4ccc(Cl)cc43)CC2)cc(OC([2H])([2H])[2H])c1OC([2H])([2H])[2H]. The molecule has 0 aliphatic carbocycles. The van der Waals surface area contributed by atoms with E-state index >= 15 is 0 Å². The Bertz CT molecular complexity index is 1630. The van der Waals surface area contributed by atoms with Crippen molar-refractivity contribution >= 4 is 40.7 Å². The Hall–Kier alpha value is -3.11. The Morgan fingerprint density at radius 2 is 1.54 bits per heavy atom. The van der Waals surface area contributed by atoms with E-state index in [0.717, 1.165) is 63.5 Å². The first kappa shape index (κ1) is 19.9. The van der Waals surface area contributed by atoms with Crippen LogP contribution in [-0.4, -0.2) is 89.3 Å². The molecule has 0 unspecified atom stereocenters. The summed E-state index contributed by atoms with van der Waals surface area (Å²) in [5.41, 5.74) is 1.97. The number of ether oxygens (including phenoxy) is 4. The molecule has 0 saturated carbocycles. The maximum atomic E-state index is 13.0. The van der Waals surface area contributed by atoms with Gasteiger partial charge in [0.2, 0.25) is 5.75 Å². The third kappa shape index (κ3) is 6.86. The quantitative estimate of drug-likeness (QED) is 0.251. The molecule has 0 amide bonds. The molecule has 1 saturated heterocycles. The maximum absolute atomic E-state index is 13.0. The average Bonchev–Trinajstić information content (AvgIpc) is 3.01. The number of hydrogen-bond donors (Lipinski definition) is 0. The van der Waals surface area contributed by atoms with Gasteiger partial charge in [0.15, 0.2) is 11.5 Å². The van der Waals surface area contributed by atoms with Crippen LogP contribution in [0.3, 0.4) is 0 Å². The fourth-order valence-corrected chi connectivity index (χ4v) is 6.27. The number of fused-ring (bicyclic) bond motifs is 2. The molecule has 2 heterocycles. The molecular formula is C31H36ClN3O5S. The summed E-state index contributed by atoms with van der Waals surface area (Å²) in [5.74, 6) is -3.17. The number of halogens is 1. The molecule has 2 aliphatic rings. The van der Waals surface area contributed by atoms with Gasteiger partial charge in [-0.25, -0.2) is 4.79 Å². The largest absolute Gasteiger partial charge is 0.493 e. The first-order valence-corrected chi connectivity index (χ1v) is 14.3. The lowest BCUT2D eigenvalue weighted by atomic mass is 10.2. The molecule has 3 aromatic carbocycles. The van der Waals surface area contributed by atoms with Gasteiger partial charge >= 0.3 is 5.97 Å². The third-order valence-electron chi connectivity index (χ3n) is 7.13. The summed E-state index contributed by atoms with van der Waals surface area (Å²) < 4.78 is 86.8. The molecule has 0 radical (unpaired) electrons. The normalized spacial score (nSPS) is 19.3. The molecule has 41 heavy (non-hydrogen) atoms. The van der Waals surface area contributed by atoms with Gasteiger partial charge in [0.25, 0.3) is 0 Å². The van der Waals surface area contributed by atoms with Gasteiger partial charge in [0.1, 0.15) is 6.61 Å². The minimum atomic E-state index is -3.12. The number of esters is 1. The van der Waals surface area contributed by atoms with Gasteiger partial charge in [-0.1, -0.05) is 35.5 Å². The second kappa shape index (κ2) is 13.7. The summed E-state index contributed by atoms with van der Waals surface area (Å²) in [6.45, 7) is 5.35. The smallest absolute Gasteiger partial charge is 0.338 e. The van der Waals surface area contributed by atoms with Crippen LogP contribution in [0, 0.1) is 0 Å². The van der Waals surface area contributed by atoms with Gasteiger partial charge < -0.3 is 28.7 Å². The van der Waals surface area contributed by atoms with Crippen molar-refractivity contribution in [2.24, 2.45) is 0 Å². The van der Waals surface area contributed by atoms with Crippen molar-refractivity contribution in [2.45, 2.75) is 16.2 Å². The predicted octanol–water partition coefficient (Wildman–Crippen LogP) is 5.83. The Labute approximate surface area is 263 Å². The van der Waals surface area contributed by atoms with E-state index in [1.807, 2.05) is 24.3 Å². The van der Waals surface area contributed by atoms with Gasteiger partial charge in [-0.2, -0.15) is 0 Å². The highest BCUT2D eigenvalue weighted by Gasteiger charge is 2.24. The van der Waals surface area contributed by atoms with E-state index in [1.165, 1.54) is 15.5 Å². The van der Waals surface area contributed by atoms with E-state index in [0.29, 0.717) is 11.6 Å². The molecule has 0 spiro atoms. The molecule has 0 N–H and O–H groups in total. The number of methoxy groups -OCH3 is 3. The number of piperazine rings is 1. The predicted molar refractivity (Wildman–Crippen MR) is 163 cm³/mol. The van der Waals surface area contributed by atoms with E-state index in [-0.39, 0.29) is 12.2 Å². The topological polar surface area (TPSA) is 63.7 Å². The van der Waals surface area contributed by atoms with Crippen LogP contribution in [0.1, 0.15) is 29.1 Å². The summed E-state index contributed by atoms with van der Waals surface area (Å²) in [6, 6.07) is 16.2. The van der Waals surface area contributed by atoms with Gasteiger partial charge in [-0.3, -0.25) is 4.90 Å². The summed E-state index contributed by atoms with van der Waals surface area (Å²) in [7, 11) is -9.30. The van der Waals surface area contributed by atoms with Crippen LogP contribution in [0.15, 0.2) is 64.4 Å². The zero-order chi connectivity index (χ0) is 36.3. The van der Waals surface area contributed by atoms with E-state index in [2.05, 4.69) is 32.9 Å². The van der Waals surface area contributed by atoms with Crippen LogP contribution in [-0.2, 0) is 4.74 Å². The first-order valence-electron chi connectivity index (χ1n) is 17.6. The lowest BCUT2D eigenvalue weighted by Crippen LogP contribution is -2.47. The average molecular weight is 607 g/mol. The number of anilines is 2. The van der Waals surface area contributed by atoms with Gasteiger partial charge in [-0.05, 0) is 55.4 Å². The number of benzene rings is 3. The molecule has 0 atom stereocenters. The molecule has 5 rings (SSSR count). The zero-order valence-corrected chi connectivity index (χ0v) is 23.8. The van der Waals surface area contributed by atoms with Crippen LogP contribution in [0.5, 0.6) is 17.2 Å². The van der Waals surface area contributed by atoms with E-state index in [9.17, 15) is 4.79 Å². The summed E-state index contributed by atoms with van der Waals surface area (Å²) in [4.78, 5) is 22.3. The third-order valence-corrected chi connectivity index (χ3v) is 8.49. The highest BCUT2D eigenvalue weighted by atomic mass is 35.5. The minimum Gasteiger partial charge on any atom is -0.493 e. The lowest BCUT2D eigenvalue weighted by Gasteiger charge is -2.36. The number of rotatable bonds is 11. The minimum absolute atomic E-state index is 0.00831. The van der Waals surface area contributed by atoms with Crippen LogP contribution in [0.4, 0.5) is 11.4 Å². The highest BCUT2D eigenvalue weighted by molar-refractivity contribution is 7.99. The molecule has 3 aromatic rings. The molecule has 1 fully saturated rings. The number of carbonyl (C=O) groups excluding carboxylic acids is 1. The number of carbonyl (C=O) groups is 1. The fraction of sp³-hybridized carbons (Fsp3) is 0.387. The van der Waals surface area contributed by atoms with E-state index < -0.39 is 44.3 Å². The van der Waals surface area contributed by atoms with Crippen molar-refractivity contribution in [1.29, 1.82) is 0 Å². The Kier molecular flexibility index (Phi) is 6.65. The summed E-state index contributed by atoms with van der Waals surface area (Å²) >= 11 is 8.10. The van der Waals surface area contributed by atoms with E-state index in [4.69, 9.17) is 42.9 Å². The van der Waals surface area contributed by atoms with Gasteiger partial charge in [0, 0.05) is 54.1 Å². The van der Waals surface area contributed by atoms with Crippen LogP contribution < -0.4 is 19.1 Å². The first-order chi connectivity index (χ1) is 23.4. The number of nitrogens with zero attached hydrogens (tertiary/aromatic N) is 3. The van der Waals surface area contributed by atoms with Crippen LogP contribution >= 0.6 is 23.4 Å². The molecule has 2 aliphatic heterocycles. The second-order valence-electron chi connectivity index (χ2n) is 9.61. The standard InChI is InChI=1S/C31H36ClN3O5S/c1-37-26-19-22(20-27(38-2)30(26)39-3)31(36)40-18-17-34-15-13-33(14-16-34)11-6-12-35-24-7-4-5-8-28(24)41-29-10-9-23(32)21-25(29)35/h4-5,7-10,19-21H,6,11-18H2,1-3H3/i1D3,2D3,3D3. The number of hydrogen-bond acceptors (Lipinski definition) is 9. The van der Waals surface area contributed by atoms with Crippen molar-refractivity contribution in [3.63, 3.8) is 0 Å². The van der Waals surface area contributed by atoms with Gasteiger partial charge in [-0.15, -0.1) is 0 Å². The van der Waals surface area contributed by atoms with Crippen molar-refractivity contribution in [2.75, 3.05) is 78.4 Å². The summed E-state index contributed by atoms with van der Waals surface area (Å²) in [5, 5.41) is 0.702. The molecule has 10 heteroatoms. The number of para-hydroxylation sites is 1. The Balaban J connectivity index is 1.14. The zero-order valence-electron chi connectivity index (χ0n) is 31.2. The lowest BCUT2D eigenvalue weighted by molar-refractivity contribution is 0.0422. The van der Waals surface area contributed by atoms with E-state index in [1.54, 1.807) is 11.8 Å². The fourth-order valence-electron chi connectivity index (χ4n) is 5.03. The Morgan fingerprint density at radius 1 is 0.854 bits per heavy atom. The Morgan fingerprint density at radius 3 is 2.27 bits per heavy atom. The van der Waals surface area contributed by atoms with Crippen molar-refractivity contribution in [3.8, 4) is 17.2 Å². The van der Waals surface area contributed by atoms with Gasteiger partial charge in [0.05, 0.1) is 50.4 Å². The molecule has 0 bridgehead atoms. The molecular weight excluding hydrogens is 562 g/mol. The second-order valence-corrected chi connectivity index (χ2v) is 11.1. The molecule has 0 aromatic heterocycles. The van der Waals surface area contributed by atoms with Crippen molar-refractivity contribution in [1.82, 2.24) is 9.80 Å². The van der Waals surface area contributed by atoms with Crippen LogP contribution in [0.25, 0.3) is 0 Å². The van der Waals surface area contributed by atoms with Crippen molar-refractivity contribution < 1.29 is 36.1 Å². The highest BCUT2D eigenvalue weighted by Crippen LogP contribution is 2.48. The van der Waals surface area contributed by atoms with Crippen molar-refractivity contribution in [3.05, 3.63) is 65.2 Å². The molecule has 218 valence electrons. The molecule has 8 nitrogen and oxygen atoms in total. The summed E-state index contributed by atoms with van der Waals surface area (Å²) in [6.07, 6.45) is 0.944. The monoisotopic (exact) mass is 606 g/mol. The van der Waals surface area contributed by atoms with Crippen LogP contribution in [0.2, 0.25) is 5.02 Å².